The molecule has 0 saturated heterocycles. The molecular formula is C9H12N2O6S. The number of hydrogen-bond acceptors (Lipinski definition) is 4. The molecular weight excluding hydrogens is 264 g/mol. The highest BCUT2D eigenvalue weighted by Gasteiger charge is 2.21. The van der Waals surface area contributed by atoms with Crippen molar-refractivity contribution < 1.29 is 28.2 Å². The van der Waals surface area contributed by atoms with Crippen molar-refractivity contribution in [1.29, 1.82) is 0 Å². The van der Waals surface area contributed by atoms with Crippen molar-refractivity contribution in [2.45, 2.75) is 18.4 Å². The van der Waals surface area contributed by atoms with Crippen LogP contribution in [0.4, 0.5) is 0 Å². The van der Waals surface area contributed by atoms with Gasteiger partial charge in [-0.05, 0) is 6.07 Å². The Morgan fingerprint density at radius 2 is 2.00 bits per heavy atom. The molecule has 0 spiro atoms. The van der Waals surface area contributed by atoms with Gasteiger partial charge >= 0.3 is 11.9 Å². The van der Waals surface area contributed by atoms with Crippen molar-refractivity contribution in [1.82, 2.24) is 9.29 Å². The van der Waals surface area contributed by atoms with Crippen molar-refractivity contribution >= 4 is 22.0 Å². The van der Waals surface area contributed by atoms with Crippen LogP contribution in [0.15, 0.2) is 17.2 Å². The molecule has 0 amide bonds. The summed E-state index contributed by atoms with van der Waals surface area (Å²) in [6.07, 6.45) is 0.982. The molecule has 100 valence electrons. The maximum absolute atomic E-state index is 11.6. The SMILES string of the molecule is CCNS(=O)(=O)c1cc(C(=O)O)n(CC(=O)O)c1. The van der Waals surface area contributed by atoms with Gasteiger partial charge in [-0.25, -0.2) is 17.9 Å². The lowest BCUT2D eigenvalue weighted by atomic mass is 10.4. The molecule has 0 fully saturated rings. The highest BCUT2D eigenvalue weighted by Crippen LogP contribution is 2.14. The average molecular weight is 276 g/mol. The number of aliphatic carboxylic acids is 1. The van der Waals surface area contributed by atoms with Gasteiger partial charge in [0, 0.05) is 12.7 Å². The van der Waals surface area contributed by atoms with Crippen molar-refractivity contribution in [3.8, 4) is 0 Å². The van der Waals surface area contributed by atoms with Crippen molar-refractivity contribution in [2.24, 2.45) is 0 Å². The molecule has 8 nitrogen and oxygen atoms in total. The summed E-state index contributed by atoms with van der Waals surface area (Å²) in [5.74, 6) is -2.66. The third-order valence-electron chi connectivity index (χ3n) is 2.04. The Hall–Kier alpha value is -1.87. The smallest absolute Gasteiger partial charge is 0.352 e. The molecule has 9 heteroatoms. The van der Waals surface area contributed by atoms with Crippen molar-refractivity contribution in [2.75, 3.05) is 6.54 Å². The number of carboxylic acid groups (broad SMARTS) is 2. The molecule has 0 saturated carbocycles. The van der Waals surface area contributed by atoms with Crippen LogP contribution >= 0.6 is 0 Å². The van der Waals surface area contributed by atoms with Gasteiger partial charge in [0.05, 0.1) is 0 Å². The first-order valence-corrected chi connectivity index (χ1v) is 6.41. The second-order valence-electron chi connectivity index (χ2n) is 3.39. The molecule has 0 aliphatic carbocycles. The number of carbonyl (C=O) groups is 2. The van der Waals surface area contributed by atoms with Gasteiger partial charge in [-0.2, -0.15) is 0 Å². The topological polar surface area (TPSA) is 126 Å². The molecule has 18 heavy (non-hydrogen) atoms. The molecule has 0 radical (unpaired) electrons. The van der Waals surface area contributed by atoms with Crippen molar-refractivity contribution in [3.63, 3.8) is 0 Å². The minimum atomic E-state index is -3.81. The van der Waals surface area contributed by atoms with Crippen LogP contribution in [0.5, 0.6) is 0 Å². The number of rotatable bonds is 6. The molecule has 0 aliphatic heterocycles. The molecule has 1 rings (SSSR count). The minimum Gasteiger partial charge on any atom is -0.480 e. The number of aromatic nitrogens is 1. The highest BCUT2D eigenvalue weighted by atomic mass is 32.2. The fourth-order valence-corrected chi connectivity index (χ4v) is 2.44. The van der Waals surface area contributed by atoms with Crippen LogP contribution in [0.1, 0.15) is 17.4 Å². The van der Waals surface area contributed by atoms with Crippen LogP contribution in [0, 0.1) is 0 Å². The fourth-order valence-electron chi connectivity index (χ4n) is 1.36. The van der Waals surface area contributed by atoms with Gasteiger partial charge < -0.3 is 14.8 Å². The zero-order chi connectivity index (χ0) is 13.9. The van der Waals surface area contributed by atoms with Crippen LogP contribution in [0.3, 0.4) is 0 Å². The number of hydrogen-bond donors (Lipinski definition) is 3. The van der Waals surface area contributed by atoms with Crippen LogP contribution in [-0.4, -0.2) is 41.7 Å². The van der Waals surface area contributed by atoms with E-state index in [1.54, 1.807) is 6.92 Å². The maximum Gasteiger partial charge on any atom is 0.352 e. The normalized spacial score (nSPS) is 11.4. The van der Waals surface area contributed by atoms with E-state index in [0.717, 1.165) is 16.8 Å². The van der Waals surface area contributed by atoms with E-state index in [4.69, 9.17) is 10.2 Å². The molecule has 1 aromatic rings. The van der Waals surface area contributed by atoms with E-state index in [1.807, 2.05) is 0 Å². The Morgan fingerprint density at radius 3 is 2.44 bits per heavy atom. The van der Waals surface area contributed by atoms with E-state index in [-0.39, 0.29) is 11.4 Å². The van der Waals surface area contributed by atoms with Crippen molar-refractivity contribution in [3.05, 3.63) is 18.0 Å². The van der Waals surface area contributed by atoms with E-state index in [9.17, 15) is 18.0 Å². The largest absolute Gasteiger partial charge is 0.480 e. The fraction of sp³-hybridized carbons (Fsp3) is 0.333. The maximum atomic E-state index is 11.6. The molecule has 1 heterocycles. The predicted molar refractivity (Wildman–Crippen MR) is 59.9 cm³/mol. The van der Waals surface area contributed by atoms with Crippen LogP contribution in [0.25, 0.3) is 0 Å². The summed E-state index contributed by atoms with van der Waals surface area (Å²) in [7, 11) is -3.81. The van der Waals surface area contributed by atoms with Gasteiger partial charge in [0.2, 0.25) is 10.0 Å². The number of sulfonamides is 1. The molecule has 0 aliphatic rings. The Balaban J connectivity index is 3.26. The quantitative estimate of drug-likeness (QED) is 0.647. The molecule has 0 atom stereocenters. The molecule has 3 N–H and O–H groups in total. The monoisotopic (exact) mass is 276 g/mol. The second kappa shape index (κ2) is 5.19. The highest BCUT2D eigenvalue weighted by molar-refractivity contribution is 7.89. The number of nitrogens with one attached hydrogen (secondary N) is 1. The Labute approximate surface area is 103 Å². The molecule has 0 bridgehead atoms. The summed E-state index contributed by atoms with van der Waals surface area (Å²) in [5, 5.41) is 17.5. The van der Waals surface area contributed by atoms with E-state index < -0.39 is 34.2 Å². The molecule has 1 aromatic heterocycles. The third-order valence-corrected chi connectivity index (χ3v) is 3.55. The molecule has 0 aromatic carbocycles. The zero-order valence-electron chi connectivity index (χ0n) is 9.45. The van der Waals surface area contributed by atoms with Gasteiger partial charge in [0.15, 0.2) is 0 Å². The summed E-state index contributed by atoms with van der Waals surface area (Å²) in [6, 6.07) is 0.920. The van der Waals surface area contributed by atoms with Crippen LogP contribution in [0.2, 0.25) is 0 Å². The van der Waals surface area contributed by atoms with Crippen LogP contribution in [-0.2, 0) is 21.4 Å². The lowest BCUT2D eigenvalue weighted by Gasteiger charge is -2.01. The predicted octanol–water partition coefficient (Wildman–Crippen LogP) is -0.431. The number of carboxylic acids is 2. The van der Waals surface area contributed by atoms with Gasteiger partial charge in [-0.3, -0.25) is 4.79 Å². The Bertz CT molecular complexity index is 574. The van der Waals surface area contributed by atoms with E-state index in [0.29, 0.717) is 0 Å². The van der Waals surface area contributed by atoms with E-state index in [1.165, 1.54) is 0 Å². The summed E-state index contributed by atoms with van der Waals surface area (Å²) < 4.78 is 26.3. The Morgan fingerprint density at radius 1 is 1.39 bits per heavy atom. The first-order chi connectivity index (χ1) is 8.27. The first-order valence-electron chi connectivity index (χ1n) is 4.93. The zero-order valence-corrected chi connectivity index (χ0v) is 10.3. The van der Waals surface area contributed by atoms with Gasteiger partial charge in [-0.1, -0.05) is 6.92 Å². The first kappa shape index (κ1) is 14.2. The Kier molecular flexibility index (Phi) is 4.09. The lowest BCUT2D eigenvalue weighted by molar-refractivity contribution is -0.137. The standard InChI is InChI=1S/C9H12N2O6S/c1-2-10-18(16,17)6-3-7(9(14)15)11(4-6)5-8(12)13/h3-4,10H,2,5H2,1H3,(H,12,13)(H,14,15). The summed E-state index contributed by atoms with van der Waals surface area (Å²) in [4.78, 5) is 21.1. The van der Waals surface area contributed by atoms with E-state index >= 15 is 0 Å². The third kappa shape index (κ3) is 3.08. The van der Waals surface area contributed by atoms with Gasteiger partial charge in [0.25, 0.3) is 0 Å². The summed E-state index contributed by atoms with van der Waals surface area (Å²) >= 11 is 0. The lowest BCUT2D eigenvalue weighted by Crippen LogP contribution is -2.22. The summed E-state index contributed by atoms with van der Waals surface area (Å²) in [6.45, 7) is 1.10. The average Bonchev–Trinajstić information content (AvgIpc) is 2.61. The number of aromatic carboxylic acids is 1. The molecule has 0 unspecified atom stereocenters. The minimum absolute atomic E-state index is 0.148. The van der Waals surface area contributed by atoms with Gasteiger partial charge in [-0.15, -0.1) is 0 Å². The number of nitrogens with zero attached hydrogens (tertiary/aromatic N) is 1. The summed E-state index contributed by atoms with van der Waals surface area (Å²) in [5.41, 5.74) is -0.395. The van der Waals surface area contributed by atoms with E-state index in [2.05, 4.69) is 4.72 Å². The van der Waals surface area contributed by atoms with Crippen LogP contribution < -0.4 is 4.72 Å². The second-order valence-corrected chi connectivity index (χ2v) is 5.16. The van der Waals surface area contributed by atoms with Gasteiger partial charge in [0.1, 0.15) is 17.1 Å².